The molecule has 5 heteroatoms. The average molecular weight is 739 g/mol. The second-order valence-corrected chi connectivity index (χ2v) is 21.6. The maximum absolute atomic E-state index is 13.3. The molecule has 1 aliphatic carbocycles. The molecular weight excluding hydrogens is 659 g/mol. The molecule has 0 radical (unpaired) electrons. The third-order valence-corrected chi connectivity index (χ3v) is 11.9. The summed E-state index contributed by atoms with van der Waals surface area (Å²) in [5, 5.41) is 0. The van der Waals surface area contributed by atoms with Gasteiger partial charge in [0.25, 0.3) is 0 Å². The van der Waals surface area contributed by atoms with E-state index in [1.165, 1.54) is 88.2 Å². The zero-order valence-corrected chi connectivity index (χ0v) is 36.9. The highest BCUT2D eigenvalue weighted by Crippen LogP contribution is 2.59. The molecule has 0 spiro atoms. The number of fused-ring (bicyclic) bond motifs is 2. The topological polar surface area (TPSA) is 66.8 Å². The van der Waals surface area contributed by atoms with Crippen LogP contribution in [0.25, 0.3) is 0 Å². The molecule has 0 saturated carbocycles. The maximum atomic E-state index is 13.3. The first-order valence-electron chi connectivity index (χ1n) is 21.0. The number of unbranched alkanes of at least 4 members (excludes halogenated alkanes) is 14. The summed E-state index contributed by atoms with van der Waals surface area (Å²) in [6.07, 6.45) is 20.4. The molecule has 1 aliphatic rings. The largest absolute Gasteiger partial charge is 0.470 e. The van der Waals surface area contributed by atoms with Crippen molar-refractivity contribution in [3.05, 3.63) is 68.8 Å². The van der Waals surface area contributed by atoms with Gasteiger partial charge in [0, 0.05) is 0 Å². The van der Waals surface area contributed by atoms with Crippen LogP contribution in [0.2, 0.25) is 0 Å². The number of rotatable bonds is 18. The van der Waals surface area contributed by atoms with Crippen LogP contribution in [0.5, 0.6) is 0 Å². The third kappa shape index (κ3) is 12.3. The van der Waals surface area contributed by atoms with Crippen LogP contribution in [0.15, 0.2) is 24.3 Å². The smallest absolute Gasteiger partial charge is 0.303 e. The molecular formula is C47H79O4P. The highest BCUT2D eigenvalue weighted by molar-refractivity contribution is 7.46. The van der Waals surface area contributed by atoms with Crippen molar-refractivity contribution < 1.29 is 18.9 Å². The molecule has 0 unspecified atom stereocenters. The molecule has 0 amide bonds. The first-order valence-corrected chi connectivity index (χ1v) is 22.6. The van der Waals surface area contributed by atoms with Crippen molar-refractivity contribution in [3.8, 4) is 0 Å². The molecule has 0 heterocycles. The van der Waals surface area contributed by atoms with Crippen LogP contribution in [0.1, 0.15) is 237 Å². The molecule has 0 aromatic heterocycles. The van der Waals surface area contributed by atoms with Gasteiger partial charge < -0.3 is 9.79 Å². The van der Waals surface area contributed by atoms with Gasteiger partial charge in [0.1, 0.15) is 5.60 Å². The number of hydrogen-bond donors (Lipinski definition) is 2. The van der Waals surface area contributed by atoms with Gasteiger partial charge >= 0.3 is 7.82 Å². The van der Waals surface area contributed by atoms with E-state index in [2.05, 4.69) is 114 Å². The SMILES string of the molecule is CCCCCCCCCCCCCCCCCC1(OP(=O)(O)O)c2c(cc(C(C)(C)C)cc2C(C)(C)C)Cc2cc(C(C)(C)C)cc(C(C)(C)C)c21. The number of benzene rings is 2. The number of phosphoric acid groups is 1. The van der Waals surface area contributed by atoms with E-state index in [4.69, 9.17) is 4.52 Å². The molecule has 2 aromatic carbocycles. The van der Waals surface area contributed by atoms with E-state index < -0.39 is 13.4 Å². The molecule has 296 valence electrons. The zero-order valence-electron chi connectivity index (χ0n) is 36.0. The summed E-state index contributed by atoms with van der Waals surface area (Å²) >= 11 is 0. The molecule has 0 atom stereocenters. The molecule has 2 N–H and O–H groups in total. The third-order valence-electron chi connectivity index (χ3n) is 11.4. The lowest BCUT2D eigenvalue weighted by Crippen LogP contribution is -2.41. The van der Waals surface area contributed by atoms with Crippen LogP contribution in [-0.4, -0.2) is 9.79 Å². The van der Waals surface area contributed by atoms with E-state index in [9.17, 15) is 14.4 Å². The summed E-state index contributed by atoms with van der Waals surface area (Å²) in [6.45, 7) is 29.2. The van der Waals surface area contributed by atoms with Gasteiger partial charge in [0.2, 0.25) is 0 Å². The Morgan fingerprint density at radius 2 is 0.865 bits per heavy atom. The molecule has 4 nitrogen and oxygen atoms in total. The monoisotopic (exact) mass is 739 g/mol. The lowest BCUT2D eigenvalue weighted by atomic mass is 9.62. The van der Waals surface area contributed by atoms with Gasteiger partial charge in [-0.3, -0.25) is 4.52 Å². The lowest BCUT2D eigenvalue weighted by molar-refractivity contribution is 0.0490. The first kappa shape index (κ1) is 44.9. The van der Waals surface area contributed by atoms with E-state index in [0.717, 1.165) is 59.1 Å². The van der Waals surface area contributed by atoms with Crippen LogP contribution in [0.3, 0.4) is 0 Å². The average Bonchev–Trinajstić information content (AvgIpc) is 2.99. The summed E-state index contributed by atoms with van der Waals surface area (Å²) in [7, 11) is -4.93. The summed E-state index contributed by atoms with van der Waals surface area (Å²) < 4.78 is 19.8. The predicted octanol–water partition coefficient (Wildman–Crippen LogP) is 14.4. The predicted molar refractivity (Wildman–Crippen MR) is 224 cm³/mol. The Labute approximate surface area is 321 Å². The molecule has 2 aromatic rings. The first-order chi connectivity index (χ1) is 23.9. The van der Waals surface area contributed by atoms with Crippen LogP contribution < -0.4 is 0 Å². The minimum absolute atomic E-state index is 0.0832. The normalized spacial score (nSPS) is 15.1. The van der Waals surface area contributed by atoms with Crippen molar-refractivity contribution in [2.24, 2.45) is 0 Å². The fourth-order valence-electron chi connectivity index (χ4n) is 8.35. The molecule has 0 bridgehead atoms. The van der Waals surface area contributed by atoms with E-state index in [0.29, 0.717) is 6.42 Å². The fourth-order valence-corrected chi connectivity index (χ4v) is 9.03. The minimum atomic E-state index is -4.93. The van der Waals surface area contributed by atoms with Gasteiger partial charge in [0.05, 0.1) is 0 Å². The Balaban J connectivity index is 2.02. The van der Waals surface area contributed by atoms with Crippen LogP contribution >= 0.6 is 7.82 Å². The van der Waals surface area contributed by atoms with Gasteiger partial charge in [0.15, 0.2) is 0 Å². The van der Waals surface area contributed by atoms with Crippen molar-refractivity contribution in [1.29, 1.82) is 0 Å². The van der Waals surface area contributed by atoms with Gasteiger partial charge in [-0.1, -0.05) is 204 Å². The van der Waals surface area contributed by atoms with Crippen molar-refractivity contribution in [2.75, 3.05) is 0 Å². The zero-order chi connectivity index (χ0) is 39.2. The minimum Gasteiger partial charge on any atom is -0.303 e. The molecule has 0 fully saturated rings. The van der Waals surface area contributed by atoms with Crippen LogP contribution in [-0.2, 0) is 42.8 Å². The van der Waals surface area contributed by atoms with E-state index >= 15 is 0 Å². The van der Waals surface area contributed by atoms with Gasteiger partial charge in [-0.2, -0.15) is 0 Å². The van der Waals surface area contributed by atoms with E-state index in [1.807, 2.05) is 0 Å². The summed E-state index contributed by atoms with van der Waals surface area (Å²) in [5.74, 6) is 0. The highest BCUT2D eigenvalue weighted by Gasteiger charge is 2.51. The fraction of sp³-hybridized carbons (Fsp3) is 0.745. The van der Waals surface area contributed by atoms with Crippen LogP contribution in [0.4, 0.5) is 0 Å². The van der Waals surface area contributed by atoms with Crippen molar-refractivity contribution in [1.82, 2.24) is 0 Å². The maximum Gasteiger partial charge on any atom is 0.470 e. The molecule has 0 saturated heterocycles. The summed E-state index contributed by atoms with van der Waals surface area (Å²) in [4.78, 5) is 21.7. The Kier molecular flexibility index (Phi) is 15.6. The van der Waals surface area contributed by atoms with Crippen molar-refractivity contribution >= 4 is 7.82 Å². The highest BCUT2D eigenvalue weighted by atomic mass is 31.2. The Hall–Kier alpha value is -1.45. The molecule has 3 rings (SSSR count). The molecule has 0 aliphatic heterocycles. The van der Waals surface area contributed by atoms with Gasteiger partial charge in [-0.25, -0.2) is 4.57 Å². The molecule has 52 heavy (non-hydrogen) atoms. The summed E-state index contributed by atoms with van der Waals surface area (Å²) in [6, 6.07) is 9.26. The standard InChI is InChI=1S/C47H79O4P/c1-14-15-16-17-18-19-20-21-22-23-24-25-26-27-28-29-47(51-52(48,49)50)41-35(31-37(43(2,3)4)33-39(41)45(8,9)10)30-36-32-38(44(5,6)7)34-40(42(36)47)46(11,12)13/h31-34H,14-30H2,1-13H3,(H2,48,49,50). The number of hydrogen-bond acceptors (Lipinski definition) is 2. The number of phosphoric ester groups is 1. The second-order valence-electron chi connectivity index (χ2n) is 20.4. The lowest BCUT2D eigenvalue weighted by Gasteiger charge is -2.47. The second kappa shape index (κ2) is 18.0. The van der Waals surface area contributed by atoms with Gasteiger partial charge in [-0.05, 0) is 85.4 Å². The van der Waals surface area contributed by atoms with Crippen molar-refractivity contribution in [2.45, 2.75) is 226 Å². The van der Waals surface area contributed by atoms with E-state index in [1.54, 1.807) is 0 Å². The Morgan fingerprint density at radius 3 is 1.15 bits per heavy atom. The van der Waals surface area contributed by atoms with Crippen LogP contribution in [0, 0.1) is 0 Å². The van der Waals surface area contributed by atoms with Gasteiger partial charge in [-0.15, -0.1) is 0 Å². The Morgan fingerprint density at radius 1 is 0.538 bits per heavy atom. The quantitative estimate of drug-likeness (QED) is 0.118. The summed E-state index contributed by atoms with van der Waals surface area (Å²) in [5.41, 5.74) is 7.06. The van der Waals surface area contributed by atoms with Crippen molar-refractivity contribution in [3.63, 3.8) is 0 Å². The van der Waals surface area contributed by atoms with E-state index in [-0.39, 0.29) is 21.7 Å². The Bertz CT molecular complexity index is 1400.